The first kappa shape index (κ1) is 37.2. The minimum atomic E-state index is -2.05. The fourth-order valence-corrected chi connectivity index (χ4v) is 7.79. The third kappa shape index (κ3) is 8.07. The number of ether oxygens (including phenoxy) is 1. The average Bonchev–Trinajstić information content (AvgIpc) is 3.66. The number of imide groups is 1. The van der Waals surface area contributed by atoms with Gasteiger partial charge in [0, 0.05) is 43.7 Å². The van der Waals surface area contributed by atoms with Crippen molar-refractivity contribution < 1.29 is 23.9 Å². The molecule has 2 amide bonds. The molecule has 5 heterocycles. The number of carbonyl (C=O) groups excluding carboxylic acids is 1. The number of pyridine rings is 2. The Morgan fingerprint density at radius 3 is 2.40 bits per heavy atom. The molecule has 278 valence electrons. The van der Waals surface area contributed by atoms with E-state index in [2.05, 4.69) is 83.0 Å². The van der Waals surface area contributed by atoms with E-state index in [1.807, 2.05) is 13.0 Å². The highest BCUT2D eigenvalue weighted by atomic mass is 28.4. The SMILES string of the molecule is Cc1cc(N(C(=O)O)C(=O)OC(C)(C)C)nc(C)c1CNc1cc(N2C[C@@H](O[Si](C)(C)C(C)(C)C)C[C@@H]2c2cn3cc(C4CC4)ccc3n2)ncn1. The highest BCUT2D eigenvalue weighted by Gasteiger charge is 2.44. The minimum Gasteiger partial charge on any atom is -0.464 e. The average molecular weight is 729 g/mol. The molecule has 0 aromatic carbocycles. The van der Waals surface area contributed by atoms with Gasteiger partial charge in [0.05, 0.1) is 17.8 Å². The fourth-order valence-electron chi connectivity index (χ4n) is 6.43. The van der Waals surface area contributed by atoms with Crippen LogP contribution in [-0.2, 0) is 15.7 Å². The summed E-state index contributed by atoms with van der Waals surface area (Å²) in [6.07, 6.45) is 6.78. The molecular weight excluding hydrogens is 677 g/mol. The number of aromatic nitrogens is 5. The number of nitrogens with zero attached hydrogens (tertiary/aromatic N) is 7. The number of hydrogen-bond acceptors (Lipinski definition) is 10. The van der Waals surface area contributed by atoms with Crippen LogP contribution >= 0.6 is 0 Å². The Bertz CT molecular complexity index is 1960. The minimum absolute atomic E-state index is 0.0184. The van der Waals surface area contributed by atoms with E-state index < -0.39 is 26.1 Å². The standard InChI is InChI=1S/C38H52N8O5Si/c1-23-15-34(46(35(47)48)36(49)50-37(3,4)5)42-24(2)28(23)18-39-31-17-33(41-22-40-31)45-20-27(51-52(9,10)38(6,7)8)16-30(45)29-21-44-19-26(25-11-12-25)13-14-32(44)43-29/h13-15,17,19,21-22,25,27,30H,11-12,16,18,20H2,1-10H3,(H,47,48)(H,39,40,41)/t27-,30+/m0/s1. The van der Waals surface area contributed by atoms with Gasteiger partial charge in [0.2, 0.25) is 0 Å². The van der Waals surface area contributed by atoms with Crippen LogP contribution in [0.15, 0.2) is 43.0 Å². The number of aryl methyl sites for hydroxylation is 2. The number of anilines is 3. The number of carbonyl (C=O) groups is 2. The molecule has 0 radical (unpaired) electrons. The summed E-state index contributed by atoms with van der Waals surface area (Å²) >= 11 is 0. The van der Waals surface area contributed by atoms with Gasteiger partial charge in [-0.1, -0.05) is 26.8 Å². The van der Waals surface area contributed by atoms with Crippen LogP contribution in [0.2, 0.25) is 18.1 Å². The Balaban J connectivity index is 1.24. The molecule has 2 atom stereocenters. The monoisotopic (exact) mass is 728 g/mol. The highest BCUT2D eigenvalue weighted by Crippen LogP contribution is 2.43. The van der Waals surface area contributed by atoms with Crippen LogP contribution in [0.4, 0.5) is 27.0 Å². The van der Waals surface area contributed by atoms with Crippen molar-refractivity contribution in [2.24, 2.45) is 0 Å². The molecule has 1 saturated carbocycles. The van der Waals surface area contributed by atoms with Crippen molar-refractivity contribution in [1.82, 2.24) is 24.3 Å². The van der Waals surface area contributed by atoms with E-state index >= 15 is 0 Å². The number of imidazole rings is 1. The van der Waals surface area contributed by atoms with E-state index in [9.17, 15) is 14.7 Å². The van der Waals surface area contributed by atoms with Crippen LogP contribution in [0, 0.1) is 13.8 Å². The van der Waals surface area contributed by atoms with Gasteiger partial charge in [-0.2, -0.15) is 4.90 Å². The Kier molecular flexibility index (Phi) is 9.85. The zero-order valence-electron chi connectivity index (χ0n) is 32.0. The van der Waals surface area contributed by atoms with Gasteiger partial charge in [0.1, 0.15) is 35.0 Å². The van der Waals surface area contributed by atoms with Crippen LogP contribution < -0.4 is 15.1 Å². The first-order valence-electron chi connectivity index (χ1n) is 18.0. The van der Waals surface area contributed by atoms with Gasteiger partial charge in [-0.25, -0.2) is 29.5 Å². The summed E-state index contributed by atoms with van der Waals surface area (Å²) in [5.41, 5.74) is 4.62. The number of carboxylic acid groups (broad SMARTS) is 1. The smallest absolute Gasteiger partial charge is 0.425 e. The molecule has 2 N–H and O–H groups in total. The predicted octanol–water partition coefficient (Wildman–Crippen LogP) is 8.39. The maximum atomic E-state index is 12.7. The molecule has 2 aliphatic rings. The summed E-state index contributed by atoms with van der Waals surface area (Å²) in [7, 11) is -2.05. The van der Waals surface area contributed by atoms with Crippen molar-refractivity contribution in [2.45, 2.75) is 123 Å². The van der Waals surface area contributed by atoms with Crippen molar-refractivity contribution in [1.29, 1.82) is 0 Å². The Morgan fingerprint density at radius 2 is 1.77 bits per heavy atom. The highest BCUT2D eigenvalue weighted by molar-refractivity contribution is 6.74. The summed E-state index contributed by atoms with van der Waals surface area (Å²) < 4.78 is 14.4. The van der Waals surface area contributed by atoms with E-state index in [4.69, 9.17) is 19.1 Å². The van der Waals surface area contributed by atoms with E-state index in [1.165, 1.54) is 18.4 Å². The lowest BCUT2D eigenvalue weighted by molar-refractivity contribution is 0.0581. The Hall–Kier alpha value is -4.56. The van der Waals surface area contributed by atoms with Crippen LogP contribution in [0.3, 0.4) is 0 Å². The lowest BCUT2D eigenvalue weighted by Crippen LogP contribution is -2.44. The third-order valence-corrected chi connectivity index (χ3v) is 14.9. The molecule has 1 aliphatic carbocycles. The number of amides is 2. The normalized spacial score (nSPS) is 18.2. The van der Waals surface area contributed by atoms with Crippen molar-refractivity contribution in [3.63, 3.8) is 0 Å². The molecule has 52 heavy (non-hydrogen) atoms. The second-order valence-corrected chi connectivity index (χ2v) is 21.4. The molecule has 0 spiro atoms. The van der Waals surface area contributed by atoms with E-state index in [0.717, 1.165) is 34.7 Å². The summed E-state index contributed by atoms with van der Waals surface area (Å²) in [5.74, 6) is 2.04. The van der Waals surface area contributed by atoms with Gasteiger partial charge >= 0.3 is 12.2 Å². The van der Waals surface area contributed by atoms with Gasteiger partial charge in [-0.15, -0.1) is 0 Å². The van der Waals surface area contributed by atoms with Gasteiger partial charge in [0.15, 0.2) is 8.32 Å². The molecule has 4 aromatic heterocycles. The van der Waals surface area contributed by atoms with Crippen molar-refractivity contribution in [2.75, 3.05) is 21.7 Å². The van der Waals surface area contributed by atoms with Crippen molar-refractivity contribution in [3.05, 3.63) is 71.1 Å². The topological polar surface area (TPSA) is 147 Å². The zero-order valence-corrected chi connectivity index (χ0v) is 33.0. The number of rotatable bonds is 9. The molecule has 4 aromatic rings. The largest absolute Gasteiger partial charge is 0.464 e. The predicted molar refractivity (Wildman–Crippen MR) is 204 cm³/mol. The first-order chi connectivity index (χ1) is 24.3. The Labute approximate surface area is 306 Å². The van der Waals surface area contributed by atoms with Crippen molar-refractivity contribution in [3.8, 4) is 0 Å². The summed E-state index contributed by atoms with van der Waals surface area (Å²) in [6, 6.07) is 7.81. The number of hydrogen-bond donors (Lipinski definition) is 2. The number of nitrogens with one attached hydrogen (secondary N) is 1. The molecule has 1 saturated heterocycles. The van der Waals surface area contributed by atoms with E-state index in [-0.39, 0.29) is 23.0 Å². The molecule has 2 fully saturated rings. The maximum absolute atomic E-state index is 12.7. The van der Waals surface area contributed by atoms with Crippen LogP contribution in [0.1, 0.15) is 101 Å². The zero-order chi connectivity index (χ0) is 37.7. The summed E-state index contributed by atoms with van der Waals surface area (Å²) in [4.78, 5) is 46.4. The second-order valence-electron chi connectivity index (χ2n) is 16.6. The molecular formula is C38H52N8O5Si. The molecule has 1 aliphatic heterocycles. The molecule has 6 rings (SSSR count). The maximum Gasteiger partial charge on any atom is 0.425 e. The van der Waals surface area contributed by atoms with E-state index in [0.29, 0.717) is 35.4 Å². The number of fused-ring (bicyclic) bond motifs is 1. The van der Waals surface area contributed by atoms with Gasteiger partial charge < -0.3 is 28.9 Å². The molecule has 0 bridgehead atoms. The second kappa shape index (κ2) is 13.8. The van der Waals surface area contributed by atoms with Crippen LogP contribution in [-0.4, -0.2) is 68.2 Å². The lowest BCUT2D eigenvalue weighted by Gasteiger charge is -2.38. The van der Waals surface area contributed by atoms with Gasteiger partial charge in [0.25, 0.3) is 0 Å². The van der Waals surface area contributed by atoms with Crippen LogP contribution in [0.25, 0.3) is 5.65 Å². The lowest BCUT2D eigenvalue weighted by atomic mass is 10.1. The molecule has 14 heteroatoms. The summed E-state index contributed by atoms with van der Waals surface area (Å²) in [5, 5.41) is 13.3. The fraction of sp³-hybridized carbons (Fsp3) is 0.526. The molecule has 0 unspecified atom stereocenters. The quantitative estimate of drug-likeness (QED) is 0.160. The first-order valence-corrected chi connectivity index (χ1v) is 20.9. The van der Waals surface area contributed by atoms with Gasteiger partial charge in [-0.05, 0) is 100 Å². The van der Waals surface area contributed by atoms with E-state index in [1.54, 1.807) is 40.1 Å². The van der Waals surface area contributed by atoms with Crippen LogP contribution in [0.5, 0.6) is 0 Å². The Morgan fingerprint density at radius 1 is 1.04 bits per heavy atom. The van der Waals surface area contributed by atoms with Gasteiger partial charge in [-0.3, -0.25) is 0 Å². The molecule has 13 nitrogen and oxygen atoms in total. The third-order valence-electron chi connectivity index (χ3n) is 10.3. The summed E-state index contributed by atoms with van der Waals surface area (Å²) in [6.45, 7) is 21.1. The van der Waals surface area contributed by atoms with Crippen molar-refractivity contribution >= 4 is 43.6 Å².